The van der Waals surface area contributed by atoms with Crippen molar-refractivity contribution in [1.82, 2.24) is 5.01 Å². The van der Waals surface area contributed by atoms with E-state index in [1.54, 1.807) is 0 Å². The summed E-state index contributed by atoms with van der Waals surface area (Å²) in [4.78, 5) is 0. The van der Waals surface area contributed by atoms with Gasteiger partial charge in [0.05, 0.1) is 6.10 Å². The highest BCUT2D eigenvalue weighted by Crippen LogP contribution is 2.17. The Kier molecular flexibility index (Phi) is 3.98. The lowest BCUT2D eigenvalue weighted by Crippen LogP contribution is -2.42. The summed E-state index contributed by atoms with van der Waals surface area (Å²) in [5.41, 5.74) is 0. The molecule has 0 radical (unpaired) electrons. The van der Waals surface area contributed by atoms with E-state index in [0.29, 0.717) is 6.04 Å². The predicted molar refractivity (Wildman–Crippen MR) is 49.4 cm³/mol. The van der Waals surface area contributed by atoms with E-state index in [-0.39, 0.29) is 6.10 Å². The summed E-state index contributed by atoms with van der Waals surface area (Å²) >= 11 is 0. The molecule has 0 aromatic carbocycles. The highest BCUT2D eigenvalue weighted by atomic mass is 16.3. The summed E-state index contributed by atoms with van der Waals surface area (Å²) < 4.78 is 0. The third-order valence-corrected chi connectivity index (χ3v) is 2.54. The number of aliphatic hydroxyl groups is 1. The van der Waals surface area contributed by atoms with Gasteiger partial charge in [-0.05, 0) is 26.2 Å². The Balaban J connectivity index is 2.36. The number of aliphatic hydroxyl groups excluding tert-OH is 1. The molecule has 72 valence electrons. The highest BCUT2D eigenvalue weighted by Gasteiger charge is 2.19. The number of nitrogens with zero attached hydrogens (tertiary/aromatic N) is 1. The van der Waals surface area contributed by atoms with Gasteiger partial charge in [-0.3, -0.25) is 5.84 Å². The molecule has 0 amide bonds. The largest absolute Gasteiger partial charge is 0.393 e. The second-order valence-corrected chi connectivity index (χ2v) is 3.83. The maximum absolute atomic E-state index is 9.23. The highest BCUT2D eigenvalue weighted by molar-refractivity contribution is 4.73. The summed E-state index contributed by atoms with van der Waals surface area (Å²) in [6.07, 6.45) is 5.47. The second kappa shape index (κ2) is 4.80. The molecule has 0 aromatic heterocycles. The van der Waals surface area contributed by atoms with Gasteiger partial charge in [0.2, 0.25) is 0 Å². The van der Waals surface area contributed by atoms with Crippen LogP contribution in [-0.4, -0.2) is 28.8 Å². The van der Waals surface area contributed by atoms with Crippen LogP contribution in [0.15, 0.2) is 0 Å². The smallest absolute Gasteiger partial charge is 0.0527 e. The number of nitrogens with two attached hydrogens (primary N) is 1. The molecule has 2 unspecified atom stereocenters. The fourth-order valence-corrected chi connectivity index (χ4v) is 1.85. The molecule has 1 saturated heterocycles. The second-order valence-electron chi connectivity index (χ2n) is 3.83. The fraction of sp³-hybridized carbons (Fsp3) is 1.00. The Bertz CT molecular complexity index is 128. The van der Waals surface area contributed by atoms with E-state index in [4.69, 9.17) is 5.84 Å². The van der Waals surface area contributed by atoms with Gasteiger partial charge >= 0.3 is 0 Å². The molecule has 3 nitrogen and oxygen atoms in total. The first kappa shape index (κ1) is 9.96. The lowest BCUT2D eigenvalue weighted by atomic mass is 10.0. The van der Waals surface area contributed by atoms with Crippen LogP contribution in [0.4, 0.5) is 0 Å². The van der Waals surface area contributed by atoms with Gasteiger partial charge < -0.3 is 5.11 Å². The first-order valence-corrected chi connectivity index (χ1v) is 4.89. The van der Waals surface area contributed by atoms with Crippen LogP contribution in [0, 0.1) is 0 Å². The van der Waals surface area contributed by atoms with E-state index in [2.05, 4.69) is 0 Å². The minimum absolute atomic E-state index is 0.223. The van der Waals surface area contributed by atoms with Gasteiger partial charge in [-0.15, -0.1) is 0 Å². The van der Waals surface area contributed by atoms with Crippen molar-refractivity contribution in [3.05, 3.63) is 0 Å². The van der Waals surface area contributed by atoms with Crippen LogP contribution in [-0.2, 0) is 0 Å². The van der Waals surface area contributed by atoms with Crippen molar-refractivity contribution in [2.24, 2.45) is 5.84 Å². The molecule has 1 aliphatic rings. The molecule has 12 heavy (non-hydrogen) atoms. The van der Waals surface area contributed by atoms with Crippen LogP contribution >= 0.6 is 0 Å². The SMILES string of the molecule is CC(O)CC1CCCCCN1N. The van der Waals surface area contributed by atoms with Crippen LogP contribution in [0.3, 0.4) is 0 Å². The Labute approximate surface area is 74.5 Å². The first-order chi connectivity index (χ1) is 5.70. The average Bonchev–Trinajstić information content (AvgIpc) is 2.16. The molecular formula is C9H20N2O. The Hall–Kier alpha value is -0.120. The van der Waals surface area contributed by atoms with Crippen molar-refractivity contribution >= 4 is 0 Å². The van der Waals surface area contributed by atoms with Gasteiger partial charge in [-0.2, -0.15) is 0 Å². The zero-order valence-corrected chi connectivity index (χ0v) is 7.87. The van der Waals surface area contributed by atoms with Gasteiger partial charge in [-0.1, -0.05) is 12.8 Å². The monoisotopic (exact) mass is 172 g/mol. The van der Waals surface area contributed by atoms with Gasteiger partial charge in [0.25, 0.3) is 0 Å². The molecule has 3 N–H and O–H groups in total. The van der Waals surface area contributed by atoms with Gasteiger partial charge in [0.15, 0.2) is 0 Å². The quantitative estimate of drug-likeness (QED) is 0.608. The lowest BCUT2D eigenvalue weighted by molar-refractivity contribution is 0.113. The summed E-state index contributed by atoms with van der Waals surface area (Å²) in [5, 5.41) is 11.1. The van der Waals surface area contributed by atoms with E-state index >= 15 is 0 Å². The van der Waals surface area contributed by atoms with Crippen molar-refractivity contribution in [2.45, 2.75) is 51.2 Å². The summed E-state index contributed by atoms with van der Waals surface area (Å²) in [6, 6.07) is 0.396. The third-order valence-electron chi connectivity index (χ3n) is 2.54. The van der Waals surface area contributed by atoms with Crippen LogP contribution in [0.1, 0.15) is 39.0 Å². The van der Waals surface area contributed by atoms with Crippen molar-refractivity contribution in [1.29, 1.82) is 0 Å². The number of hydrogen-bond donors (Lipinski definition) is 2. The number of hydrogen-bond acceptors (Lipinski definition) is 3. The molecular weight excluding hydrogens is 152 g/mol. The van der Waals surface area contributed by atoms with E-state index in [9.17, 15) is 5.11 Å². The Morgan fingerprint density at radius 2 is 2.25 bits per heavy atom. The molecule has 0 aliphatic carbocycles. The van der Waals surface area contributed by atoms with Crippen molar-refractivity contribution < 1.29 is 5.11 Å². The Morgan fingerprint density at radius 3 is 2.92 bits per heavy atom. The maximum atomic E-state index is 9.23. The van der Waals surface area contributed by atoms with Gasteiger partial charge in [-0.25, -0.2) is 5.01 Å². The maximum Gasteiger partial charge on any atom is 0.0527 e. The van der Waals surface area contributed by atoms with Gasteiger partial charge in [0.1, 0.15) is 0 Å². The fourth-order valence-electron chi connectivity index (χ4n) is 1.85. The van der Waals surface area contributed by atoms with E-state index in [0.717, 1.165) is 19.4 Å². The molecule has 0 spiro atoms. The molecule has 1 rings (SSSR count). The number of hydrazine groups is 1. The third kappa shape index (κ3) is 3.09. The Morgan fingerprint density at radius 1 is 1.50 bits per heavy atom. The van der Waals surface area contributed by atoms with Crippen LogP contribution in [0.5, 0.6) is 0 Å². The molecule has 0 aromatic rings. The van der Waals surface area contributed by atoms with Crippen LogP contribution < -0.4 is 5.84 Å². The van der Waals surface area contributed by atoms with Gasteiger partial charge in [0, 0.05) is 12.6 Å². The van der Waals surface area contributed by atoms with E-state index in [1.807, 2.05) is 11.9 Å². The molecule has 2 atom stereocenters. The van der Waals surface area contributed by atoms with E-state index in [1.165, 1.54) is 19.3 Å². The zero-order valence-electron chi connectivity index (χ0n) is 7.87. The molecule has 0 bridgehead atoms. The molecule has 1 aliphatic heterocycles. The normalized spacial score (nSPS) is 29.8. The number of rotatable bonds is 2. The van der Waals surface area contributed by atoms with Crippen molar-refractivity contribution in [2.75, 3.05) is 6.54 Å². The summed E-state index contributed by atoms with van der Waals surface area (Å²) in [5.74, 6) is 5.85. The standard InChI is InChI=1S/C9H20N2O/c1-8(12)7-9-5-3-2-4-6-11(9)10/h8-9,12H,2-7,10H2,1H3. The minimum Gasteiger partial charge on any atom is -0.393 e. The predicted octanol–water partition coefficient (Wildman–Crippen LogP) is 0.876. The molecule has 0 saturated carbocycles. The topological polar surface area (TPSA) is 49.5 Å². The van der Waals surface area contributed by atoms with E-state index < -0.39 is 0 Å². The lowest BCUT2D eigenvalue weighted by Gasteiger charge is -2.25. The van der Waals surface area contributed by atoms with Crippen molar-refractivity contribution in [3.8, 4) is 0 Å². The van der Waals surface area contributed by atoms with Crippen LogP contribution in [0.2, 0.25) is 0 Å². The molecule has 1 fully saturated rings. The first-order valence-electron chi connectivity index (χ1n) is 4.89. The van der Waals surface area contributed by atoms with Crippen molar-refractivity contribution in [3.63, 3.8) is 0 Å². The van der Waals surface area contributed by atoms with Crippen LogP contribution in [0.25, 0.3) is 0 Å². The summed E-state index contributed by atoms with van der Waals surface area (Å²) in [7, 11) is 0. The average molecular weight is 172 g/mol. The molecule has 1 heterocycles. The summed E-state index contributed by atoms with van der Waals surface area (Å²) in [6.45, 7) is 2.82. The minimum atomic E-state index is -0.223. The molecule has 3 heteroatoms. The zero-order chi connectivity index (χ0) is 8.97.